The fourth-order valence-electron chi connectivity index (χ4n) is 3.11. The molecule has 20 heavy (non-hydrogen) atoms. The van der Waals surface area contributed by atoms with Crippen molar-refractivity contribution in [3.63, 3.8) is 0 Å². The van der Waals surface area contributed by atoms with Gasteiger partial charge in [-0.05, 0) is 31.6 Å². The van der Waals surface area contributed by atoms with Crippen molar-refractivity contribution in [2.75, 3.05) is 0 Å². The summed E-state index contributed by atoms with van der Waals surface area (Å²) in [5.41, 5.74) is 18.0. The lowest BCUT2D eigenvalue weighted by Gasteiger charge is -2.42. The Morgan fingerprint density at radius 1 is 1.10 bits per heavy atom. The molecule has 0 aromatic carbocycles. The van der Waals surface area contributed by atoms with Gasteiger partial charge in [0.15, 0.2) is 6.29 Å². The van der Waals surface area contributed by atoms with Crippen LogP contribution in [0.15, 0.2) is 0 Å². The van der Waals surface area contributed by atoms with Crippen LogP contribution in [0.4, 0.5) is 0 Å². The van der Waals surface area contributed by atoms with Crippen molar-refractivity contribution >= 4 is 0 Å². The Bertz CT molecular complexity index is 304. The van der Waals surface area contributed by atoms with Crippen molar-refractivity contribution in [1.29, 1.82) is 0 Å². The highest BCUT2D eigenvalue weighted by Crippen LogP contribution is 2.28. The lowest BCUT2D eigenvalue weighted by molar-refractivity contribution is -0.250. The van der Waals surface area contributed by atoms with Crippen LogP contribution >= 0.6 is 0 Å². The van der Waals surface area contributed by atoms with Crippen LogP contribution in [0.25, 0.3) is 0 Å². The number of hydrogen-bond donors (Lipinski definition) is 4. The second kappa shape index (κ2) is 6.68. The van der Waals surface area contributed by atoms with E-state index in [4.69, 9.17) is 26.7 Å². The van der Waals surface area contributed by atoms with Crippen molar-refractivity contribution in [3.05, 3.63) is 0 Å². The summed E-state index contributed by atoms with van der Waals surface area (Å²) in [6.07, 6.45) is 1.54. The molecule has 2 aliphatic rings. The molecule has 1 aliphatic heterocycles. The van der Waals surface area contributed by atoms with Crippen LogP contribution < -0.4 is 17.2 Å². The first-order valence-corrected chi connectivity index (χ1v) is 7.64. The van der Waals surface area contributed by atoms with Gasteiger partial charge < -0.3 is 31.8 Å². The third kappa shape index (κ3) is 3.69. The number of aliphatic hydroxyl groups is 1. The highest BCUT2D eigenvalue weighted by Gasteiger charge is 2.39. The van der Waals surface area contributed by atoms with Crippen molar-refractivity contribution in [3.8, 4) is 0 Å². The van der Waals surface area contributed by atoms with E-state index in [1.807, 2.05) is 0 Å². The molecule has 1 aliphatic carbocycles. The maximum absolute atomic E-state index is 10.1. The zero-order valence-corrected chi connectivity index (χ0v) is 12.4. The quantitative estimate of drug-likeness (QED) is 0.565. The Kier molecular flexibility index (Phi) is 5.39. The normalized spacial score (nSPS) is 46.6. The molecule has 1 heterocycles. The van der Waals surface area contributed by atoms with Crippen LogP contribution in [0.1, 0.15) is 39.5 Å². The average Bonchev–Trinajstić information content (AvgIpc) is 2.35. The number of ether oxygens (including phenoxy) is 2. The van der Waals surface area contributed by atoms with Crippen LogP contribution in [-0.4, -0.2) is 47.8 Å². The summed E-state index contributed by atoms with van der Waals surface area (Å²) < 4.78 is 11.9. The molecule has 0 amide bonds. The molecule has 1 saturated carbocycles. The summed E-state index contributed by atoms with van der Waals surface area (Å²) in [5, 5.41) is 10.1. The maximum atomic E-state index is 10.1. The summed E-state index contributed by atoms with van der Waals surface area (Å²) >= 11 is 0. The van der Waals surface area contributed by atoms with E-state index in [-0.39, 0.29) is 24.2 Å². The predicted molar refractivity (Wildman–Crippen MR) is 76.8 cm³/mol. The van der Waals surface area contributed by atoms with E-state index in [9.17, 15) is 5.11 Å². The molecule has 118 valence electrons. The Balaban J connectivity index is 1.96. The van der Waals surface area contributed by atoms with Gasteiger partial charge in [-0.3, -0.25) is 0 Å². The molecule has 0 aromatic rings. The standard InChI is InChI=1S/C14H29N3O3/c1-7(2)12-4-3-9(16)14(19-12)20-13-10(17)5-8(15)6-11(13)18/h7-14,18H,3-6,15-17H2,1-2H3. The van der Waals surface area contributed by atoms with Crippen molar-refractivity contribution in [2.45, 2.75) is 82.3 Å². The molecule has 0 spiro atoms. The van der Waals surface area contributed by atoms with Gasteiger partial charge in [-0.2, -0.15) is 0 Å². The van der Waals surface area contributed by atoms with Gasteiger partial charge in [0.2, 0.25) is 0 Å². The van der Waals surface area contributed by atoms with Gasteiger partial charge in [0.1, 0.15) is 6.10 Å². The summed E-state index contributed by atoms with van der Waals surface area (Å²) in [7, 11) is 0. The van der Waals surface area contributed by atoms with Gasteiger partial charge in [0, 0.05) is 12.1 Å². The molecule has 0 aromatic heterocycles. The fraction of sp³-hybridized carbons (Fsp3) is 1.00. The third-order valence-corrected chi connectivity index (χ3v) is 4.40. The zero-order valence-electron chi connectivity index (χ0n) is 12.4. The molecule has 6 nitrogen and oxygen atoms in total. The lowest BCUT2D eigenvalue weighted by Crippen LogP contribution is -2.58. The number of rotatable bonds is 3. The summed E-state index contributed by atoms with van der Waals surface area (Å²) in [6.45, 7) is 4.25. The minimum absolute atomic E-state index is 0.0655. The van der Waals surface area contributed by atoms with E-state index in [0.717, 1.165) is 12.8 Å². The van der Waals surface area contributed by atoms with Crippen LogP contribution in [0, 0.1) is 5.92 Å². The van der Waals surface area contributed by atoms with Gasteiger partial charge in [0.05, 0.1) is 18.2 Å². The van der Waals surface area contributed by atoms with Crippen molar-refractivity contribution < 1.29 is 14.6 Å². The summed E-state index contributed by atoms with van der Waals surface area (Å²) in [4.78, 5) is 0. The monoisotopic (exact) mass is 287 g/mol. The molecule has 7 atom stereocenters. The van der Waals surface area contributed by atoms with Gasteiger partial charge in [-0.15, -0.1) is 0 Å². The third-order valence-electron chi connectivity index (χ3n) is 4.40. The number of hydrogen-bond acceptors (Lipinski definition) is 6. The van der Waals surface area contributed by atoms with Gasteiger partial charge in [-0.25, -0.2) is 0 Å². The van der Waals surface area contributed by atoms with Crippen molar-refractivity contribution in [2.24, 2.45) is 23.1 Å². The zero-order chi connectivity index (χ0) is 14.9. The summed E-state index contributed by atoms with van der Waals surface area (Å²) in [5.74, 6) is 0.423. The second-order valence-electron chi connectivity index (χ2n) is 6.59. The Labute approximate surface area is 121 Å². The average molecular weight is 287 g/mol. The van der Waals surface area contributed by atoms with E-state index in [1.165, 1.54) is 0 Å². The summed E-state index contributed by atoms with van der Waals surface area (Å²) in [6, 6.07) is -0.506. The molecular weight excluding hydrogens is 258 g/mol. The van der Waals surface area contributed by atoms with E-state index in [0.29, 0.717) is 18.8 Å². The van der Waals surface area contributed by atoms with E-state index >= 15 is 0 Å². The predicted octanol–water partition coefficient (Wildman–Crippen LogP) is -0.331. The van der Waals surface area contributed by atoms with Crippen LogP contribution in [-0.2, 0) is 9.47 Å². The molecular formula is C14H29N3O3. The molecule has 6 heteroatoms. The maximum Gasteiger partial charge on any atom is 0.173 e. The van der Waals surface area contributed by atoms with Crippen LogP contribution in [0.5, 0.6) is 0 Å². The first kappa shape index (κ1) is 16.1. The Hall–Kier alpha value is -0.240. The molecule has 7 unspecified atom stereocenters. The highest BCUT2D eigenvalue weighted by atomic mass is 16.7. The second-order valence-corrected chi connectivity index (χ2v) is 6.59. The smallest absolute Gasteiger partial charge is 0.173 e. The van der Waals surface area contributed by atoms with E-state index in [1.54, 1.807) is 0 Å². The van der Waals surface area contributed by atoms with Crippen LogP contribution in [0.3, 0.4) is 0 Å². The first-order chi connectivity index (χ1) is 9.38. The molecule has 0 radical (unpaired) electrons. The topological polar surface area (TPSA) is 117 Å². The molecule has 2 rings (SSSR count). The van der Waals surface area contributed by atoms with E-state index < -0.39 is 18.5 Å². The Morgan fingerprint density at radius 2 is 1.80 bits per heavy atom. The molecule has 2 fully saturated rings. The fourth-order valence-corrected chi connectivity index (χ4v) is 3.11. The van der Waals surface area contributed by atoms with E-state index in [2.05, 4.69) is 13.8 Å². The highest BCUT2D eigenvalue weighted by molar-refractivity contribution is 4.92. The minimum Gasteiger partial charge on any atom is -0.390 e. The first-order valence-electron chi connectivity index (χ1n) is 7.64. The van der Waals surface area contributed by atoms with Gasteiger partial charge >= 0.3 is 0 Å². The van der Waals surface area contributed by atoms with Crippen molar-refractivity contribution in [1.82, 2.24) is 0 Å². The largest absolute Gasteiger partial charge is 0.390 e. The van der Waals surface area contributed by atoms with Gasteiger partial charge in [-0.1, -0.05) is 13.8 Å². The van der Waals surface area contributed by atoms with Gasteiger partial charge in [0.25, 0.3) is 0 Å². The molecule has 1 saturated heterocycles. The minimum atomic E-state index is -0.649. The number of aliphatic hydroxyl groups excluding tert-OH is 1. The molecule has 0 bridgehead atoms. The molecule has 7 N–H and O–H groups in total. The Morgan fingerprint density at radius 3 is 2.40 bits per heavy atom. The SMILES string of the molecule is CC(C)C1CCC(N)C(OC2C(N)CC(N)CC2O)O1. The van der Waals surface area contributed by atoms with Crippen LogP contribution in [0.2, 0.25) is 0 Å². The number of nitrogens with two attached hydrogens (primary N) is 3. The lowest BCUT2D eigenvalue weighted by atomic mass is 9.87.